The fourth-order valence-electron chi connectivity index (χ4n) is 2.63. The molecule has 2 atom stereocenters. The van der Waals surface area contributed by atoms with Gasteiger partial charge in [-0.3, -0.25) is 4.79 Å². The Morgan fingerprint density at radius 2 is 1.53 bits per heavy atom. The molecule has 0 unspecified atom stereocenters. The second-order valence-electron chi connectivity index (χ2n) is 4.69. The highest BCUT2D eigenvalue weighted by atomic mass is 16.3. The van der Waals surface area contributed by atoms with Crippen LogP contribution in [-0.4, -0.2) is 17.6 Å². The molecular weight excluding hydrogens is 238 g/mol. The lowest BCUT2D eigenvalue weighted by Crippen LogP contribution is -2.56. The van der Waals surface area contributed by atoms with E-state index < -0.39 is 0 Å². The standard InChI is InChI=1S/C16H15NO2/c18-11-14-15(12-7-3-1-4-8-12)17(16(14)19)13-9-5-2-6-10-13/h1-10,14-15,18H,11H2/t14-,15-/m0/s1. The fourth-order valence-corrected chi connectivity index (χ4v) is 2.63. The minimum absolute atomic E-state index is 0.0115. The molecule has 1 saturated heterocycles. The van der Waals surface area contributed by atoms with Gasteiger partial charge in [0.1, 0.15) is 0 Å². The van der Waals surface area contributed by atoms with E-state index >= 15 is 0 Å². The molecule has 3 nitrogen and oxygen atoms in total. The molecule has 1 N–H and O–H groups in total. The Morgan fingerprint density at radius 1 is 0.947 bits per heavy atom. The summed E-state index contributed by atoms with van der Waals surface area (Å²) < 4.78 is 0. The van der Waals surface area contributed by atoms with E-state index in [1.54, 1.807) is 4.90 Å². The Kier molecular flexibility index (Phi) is 3.05. The van der Waals surface area contributed by atoms with Crippen molar-refractivity contribution in [3.8, 4) is 0 Å². The van der Waals surface area contributed by atoms with Crippen molar-refractivity contribution < 1.29 is 9.90 Å². The Labute approximate surface area is 112 Å². The van der Waals surface area contributed by atoms with E-state index in [9.17, 15) is 9.90 Å². The largest absolute Gasteiger partial charge is 0.395 e. The maximum absolute atomic E-state index is 12.1. The zero-order valence-electron chi connectivity index (χ0n) is 10.4. The van der Waals surface area contributed by atoms with Crippen LogP contribution < -0.4 is 4.90 Å². The number of anilines is 1. The van der Waals surface area contributed by atoms with E-state index in [0.29, 0.717) is 0 Å². The number of β-lactam (4-membered cyclic amide) rings is 1. The summed E-state index contributed by atoms with van der Waals surface area (Å²) in [5, 5.41) is 9.41. The summed E-state index contributed by atoms with van der Waals surface area (Å²) in [4.78, 5) is 13.9. The SMILES string of the molecule is O=C1[C@@H](CO)[C@H](c2ccccc2)N1c1ccccc1. The van der Waals surface area contributed by atoms with Gasteiger partial charge in [-0.05, 0) is 17.7 Å². The van der Waals surface area contributed by atoms with Crippen molar-refractivity contribution in [3.05, 3.63) is 66.2 Å². The highest BCUT2D eigenvalue weighted by Crippen LogP contribution is 2.42. The van der Waals surface area contributed by atoms with Gasteiger partial charge in [0, 0.05) is 5.69 Å². The average Bonchev–Trinajstić information content (AvgIpc) is 2.47. The van der Waals surface area contributed by atoms with E-state index in [0.717, 1.165) is 11.3 Å². The highest BCUT2D eigenvalue weighted by Gasteiger charge is 2.48. The predicted molar refractivity (Wildman–Crippen MR) is 73.7 cm³/mol. The maximum atomic E-state index is 12.1. The van der Waals surface area contributed by atoms with Gasteiger partial charge in [0.25, 0.3) is 0 Å². The first-order valence-electron chi connectivity index (χ1n) is 6.37. The lowest BCUT2D eigenvalue weighted by Gasteiger charge is -2.46. The van der Waals surface area contributed by atoms with Crippen molar-refractivity contribution in [3.63, 3.8) is 0 Å². The molecule has 0 bridgehead atoms. The average molecular weight is 253 g/mol. The summed E-state index contributed by atoms with van der Waals surface area (Å²) in [6, 6.07) is 19.4. The molecule has 2 aromatic carbocycles. The summed E-state index contributed by atoms with van der Waals surface area (Å²) in [5.74, 6) is -0.342. The van der Waals surface area contributed by atoms with Gasteiger partial charge in [-0.2, -0.15) is 0 Å². The third kappa shape index (κ3) is 1.92. The van der Waals surface area contributed by atoms with Gasteiger partial charge in [0.15, 0.2) is 0 Å². The third-order valence-electron chi connectivity index (χ3n) is 3.59. The first-order valence-corrected chi connectivity index (χ1v) is 6.37. The number of nitrogens with zero attached hydrogens (tertiary/aromatic N) is 1. The molecule has 0 spiro atoms. The van der Waals surface area contributed by atoms with Crippen LogP contribution in [-0.2, 0) is 4.79 Å². The number of aliphatic hydroxyl groups is 1. The summed E-state index contributed by atoms with van der Waals surface area (Å²) >= 11 is 0. The van der Waals surface area contributed by atoms with Crippen molar-refractivity contribution in [2.45, 2.75) is 6.04 Å². The number of amides is 1. The first-order chi connectivity index (χ1) is 9.33. The number of para-hydroxylation sites is 1. The number of rotatable bonds is 3. The Hall–Kier alpha value is -2.13. The molecule has 1 aliphatic rings. The smallest absolute Gasteiger partial charge is 0.235 e. The monoisotopic (exact) mass is 253 g/mol. The minimum Gasteiger partial charge on any atom is -0.395 e. The zero-order valence-corrected chi connectivity index (χ0v) is 10.4. The number of hydrogen-bond acceptors (Lipinski definition) is 2. The van der Waals surface area contributed by atoms with Crippen LogP contribution in [0.3, 0.4) is 0 Å². The van der Waals surface area contributed by atoms with E-state index in [1.807, 2.05) is 60.7 Å². The molecule has 2 aromatic rings. The molecule has 0 saturated carbocycles. The number of benzene rings is 2. The van der Waals surface area contributed by atoms with Crippen LogP contribution in [0.25, 0.3) is 0 Å². The molecule has 3 rings (SSSR count). The van der Waals surface area contributed by atoms with Gasteiger partial charge in [-0.15, -0.1) is 0 Å². The second kappa shape index (κ2) is 4.86. The first kappa shape index (κ1) is 11.9. The van der Waals surface area contributed by atoms with Gasteiger partial charge in [-0.25, -0.2) is 0 Å². The van der Waals surface area contributed by atoms with Crippen molar-refractivity contribution >= 4 is 11.6 Å². The maximum Gasteiger partial charge on any atom is 0.235 e. The number of hydrogen-bond donors (Lipinski definition) is 1. The van der Waals surface area contributed by atoms with E-state index in [2.05, 4.69) is 0 Å². The number of carbonyl (C=O) groups is 1. The molecule has 0 aromatic heterocycles. The molecule has 96 valence electrons. The van der Waals surface area contributed by atoms with Crippen LogP contribution >= 0.6 is 0 Å². The third-order valence-corrected chi connectivity index (χ3v) is 3.59. The zero-order chi connectivity index (χ0) is 13.2. The molecule has 1 heterocycles. The van der Waals surface area contributed by atoms with E-state index in [1.165, 1.54) is 0 Å². The summed E-state index contributed by atoms with van der Waals surface area (Å²) in [6.45, 7) is -0.109. The summed E-state index contributed by atoms with van der Waals surface area (Å²) in [5.41, 5.74) is 1.94. The molecule has 19 heavy (non-hydrogen) atoms. The highest BCUT2D eigenvalue weighted by molar-refractivity contribution is 6.03. The fraction of sp³-hybridized carbons (Fsp3) is 0.188. The van der Waals surface area contributed by atoms with Gasteiger partial charge in [-0.1, -0.05) is 48.5 Å². The summed E-state index contributed by atoms with van der Waals surface area (Å²) in [7, 11) is 0. The van der Waals surface area contributed by atoms with Crippen molar-refractivity contribution in [1.82, 2.24) is 0 Å². The lowest BCUT2D eigenvalue weighted by molar-refractivity contribution is -0.132. The van der Waals surface area contributed by atoms with Gasteiger partial charge >= 0.3 is 0 Å². The van der Waals surface area contributed by atoms with Crippen LogP contribution in [0.15, 0.2) is 60.7 Å². The second-order valence-corrected chi connectivity index (χ2v) is 4.69. The van der Waals surface area contributed by atoms with Crippen LogP contribution in [0.4, 0.5) is 5.69 Å². The molecule has 0 aliphatic carbocycles. The number of aliphatic hydroxyl groups excluding tert-OH is 1. The Bertz CT molecular complexity index is 568. The quantitative estimate of drug-likeness (QED) is 0.853. The lowest BCUT2D eigenvalue weighted by atomic mass is 9.82. The van der Waals surface area contributed by atoms with E-state index in [-0.39, 0.29) is 24.5 Å². The molecule has 1 aliphatic heterocycles. The van der Waals surface area contributed by atoms with Gasteiger partial charge in [0.05, 0.1) is 18.6 Å². The van der Waals surface area contributed by atoms with Crippen molar-refractivity contribution in [2.24, 2.45) is 5.92 Å². The van der Waals surface area contributed by atoms with Crippen molar-refractivity contribution in [1.29, 1.82) is 0 Å². The summed E-state index contributed by atoms with van der Waals surface area (Å²) in [6.07, 6.45) is 0. The Morgan fingerprint density at radius 3 is 2.11 bits per heavy atom. The van der Waals surface area contributed by atoms with Crippen molar-refractivity contribution in [2.75, 3.05) is 11.5 Å². The predicted octanol–water partition coefficient (Wildman–Crippen LogP) is 2.38. The topological polar surface area (TPSA) is 40.5 Å². The van der Waals surface area contributed by atoms with Crippen LogP contribution in [0.2, 0.25) is 0 Å². The van der Waals surface area contributed by atoms with Crippen LogP contribution in [0.1, 0.15) is 11.6 Å². The molecule has 1 fully saturated rings. The Balaban J connectivity index is 1.98. The molecular formula is C16H15NO2. The van der Waals surface area contributed by atoms with Crippen LogP contribution in [0, 0.1) is 5.92 Å². The molecule has 0 radical (unpaired) electrons. The molecule has 1 amide bonds. The minimum atomic E-state index is -0.331. The molecule has 3 heteroatoms. The normalized spacial score (nSPS) is 22.2. The van der Waals surface area contributed by atoms with Crippen LogP contribution in [0.5, 0.6) is 0 Å². The van der Waals surface area contributed by atoms with E-state index in [4.69, 9.17) is 0 Å². The van der Waals surface area contributed by atoms with Gasteiger partial charge < -0.3 is 10.0 Å². The van der Waals surface area contributed by atoms with Gasteiger partial charge in [0.2, 0.25) is 5.91 Å². The number of carbonyl (C=O) groups excluding carboxylic acids is 1.